The average Bonchev–Trinajstić information content (AvgIpc) is 2.42. The first kappa shape index (κ1) is 15.0. The standard InChI is InChI=1S/C14H24N2O2/c1-12(11-17)16(2)14-7-5-4-6-13(14)10-15-8-9-18-3/h4-7,12,15,17H,8-11H2,1-3H3. The van der Waals surface area contributed by atoms with Crippen LogP contribution < -0.4 is 10.2 Å². The van der Waals surface area contributed by atoms with Crippen molar-refractivity contribution in [2.75, 3.05) is 38.8 Å². The fourth-order valence-electron chi connectivity index (χ4n) is 1.76. The number of likely N-dealkylation sites (N-methyl/N-ethyl adjacent to an activating group) is 1. The van der Waals surface area contributed by atoms with Crippen molar-refractivity contribution in [3.63, 3.8) is 0 Å². The van der Waals surface area contributed by atoms with E-state index in [-0.39, 0.29) is 12.6 Å². The number of hydrogen-bond donors (Lipinski definition) is 2. The molecule has 1 atom stereocenters. The lowest BCUT2D eigenvalue weighted by Gasteiger charge is -2.27. The second kappa shape index (κ2) is 8.08. The van der Waals surface area contributed by atoms with Gasteiger partial charge in [-0.1, -0.05) is 18.2 Å². The van der Waals surface area contributed by atoms with Crippen LogP contribution in [-0.2, 0) is 11.3 Å². The predicted octanol–water partition coefficient (Wildman–Crippen LogP) is 1.24. The van der Waals surface area contributed by atoms with E-state index in [1.807, 2.05) is 26.1 Å². The van der Waals surface area contributed by atoms with Crippen molar-refractivity contribution < 1.29 is 9.84 Å². The summed E-state index contributed by atoms with van der Waals surface area (Å²) in [6.45, 7) is 4.52. The summed E-state index contributed by atoms with van der Waals surface area (Å²) in [4.78, 5) is 2.10. The molecule has 0 radical (unpaired) electrons. The summed E-state index contributed by atoms with van der Waals surface area (Å²) in [7, 11) is 3.71. The summed E-state index contributed by atoms with van der Waals surface area (Å²) in [5.41, 5.74) is 2.39. The number of aliphatic hydroxyl groups is 1. The van der Waals surface area contributed by atoms with Gasteiger partial charge in [0.2, 0.25) is 0 Å². The molecule has 1 unspecified atom stereocenters. The van der Waals surface area contributed by atoms with Crippen molar-refractivity contribution in [2.24, 2.45) is 0 Å². The van der Waals surface area contributed by atoms with Gasteiger partial charge in [0.1, 0.15) is 0 Å². The zero-order valence-corrected chi connectivity index (χ0v) is 11.5. The molecule has 0 aliphatic heterocycles. The van der Waals surface area contributed by atoms with E-state index in [0.717, 1.165) is 18.8 Å². The van der Waals surface area contributed by atoms with E-state index in [4.69, 9.17) is 4.74 Å². The van der Waals surface area contributed by atoms with E-state index in [0.29, 0.717) is 6.61 Å². The molecule has 2 N–H and O–H groups in total. The number of benzene rings is 1. The van der Waals surface area contributed by atoms with Crippen molar-refractivity contribution in [3.8, 4) is 0 Å². The number of nitrogens with zero attached hydrogens (tertiary/aromatic N) is 1. The predicted molar refractivity (Wildman–Crippen MR) is 75.0 cm³/mol. The minimum atomic E-state index is 0.116. The molecule has 4 heteroatoms. The fraction of sp³-hybridized carbons (Fsp3) is 0.571. The van der Waals surface area contributed by atoms with E-state index in [9.17, 15) is 5.11 Å². The van der Waals surface area contributed by atoms with Crippen molar-refractivity contribution >= 4 is 5.69 Å². The smallest absolute Gasteiger partial charge is 0.0632 e. The van der Waals surface area contributed by atoms with E-state index in [1.54, 1.807) is 7.11 Å². The Bertz CT molecular complexity index is 344. The Morgan fingerprint density at radius 1 is 1.39 bits per heavy atom. The summed E-state index contributed by atoms with van der Waals surface area (Å²) < 4.78 is 5.01. The van der Waals surface area contributed by atoms with Crippen LogP contribution in [0.5, 0.6) is 0 Å². The third-order valence-corrected chi connectivity index (χ3v) is 3.10. The van der Waals surface area contributed by atoms with Crippen molar-refractivity contribution in [1.82, 2.24) is 5.32 Å². The Morgan fingerprint density at radius 2 is 2.11 bits per heavy atom. The summed E-state index contributed by atoms with van der Waals surface area (Å²) in [5.74, 6) is 0. The first-order valence-corrected chi connectivity index (χ1v) is 6.32. The summed E-state index contributed by atoms with van der Waals surface area (Å²) >= 11 is 0. The largest absolute Gasteiger partial charge is 0.394 e. The van der Waals surface area contributed by atoms with Gasteiger partial charge in [-0.3, -0.25) is 0 Å². The van der Waals surface area contributed by atoms with Crippen LogP contribution in [0.25, 0.3) is 0 Å². The highest BCUT2D eigenvalue weighted by atomic mass is 16.5. The second-order valence-corrected chi connectivity index (χ2v) is 4.44. The average molecular weight is 252 g/mol. The van der Waals surface area contributed by atoms with Crippen LogP contribution >= 0.6 is 0 Å². The molecule has 4 nitrogen and oxygen atoms in total. The van der Waals surface area contributed by atoms with Gasteiger partial charge in [-0.25, -0.2) is 0 Å². The molecular weight excluding hydrogens is 228 g/mol. The molecule has 0 bridgehead atoms. The van der Waals surface area contributed by atoms with Gasteiger partial charge in [-0.05, 0) is 18.6 Å². The molecular formula is C14H24N2O2. The summed E-state index contributed by atoms with van der Waals surface area (Å²) in [5, 5.41) is 12.6. The first-order chi connectivity index (χ1) is 8.70. The molecule has 0 aromatic heterocycles. The molecule has 1 aromatic rings. The van der Waals surface area contributed by atoms with Crippen LogP contribution in [-0.4, -0.2) is 45.1 Å². The zero-order valence-electron chi connectivity index (χ0n) is 11.5. The van der Waals surface area contributed by atoms with Gasteiger partial charge in [0.25, 0.3) is 0 Å². The lowest BCUT2D eigenvalue weighted by atomic mass is 10.1. The monoisotopic (exact) mass is 252 g/mol. The Balaban J connectivity index is 2.67. The molecule has 18 heavy (non-hydrogen) atoms. The van der Waals surface area contributed by atoms with Gasteiger partial charge in [0.15, 0.2) is 0 Å². The SMILES string of the molecule is COCCNCc1ccccc1N(C)C(C)CO. The highest BCUT2D eigenvalue weighted by Crippen LogP contribution is 2.20. The number of nitrogens with one attached hydrogen (secondary N) is 1. The van der Waals surface area contributed by atoms with E-state index in [2.05, 4.69) is 22.3 Å². The minimum absolute atomic E-state index is 0.116. The van der Waals surface area contributed by atoms with Gasteiger partial charge in [0, 0.05) is 39.0 Å². The highest BCUT2D eigenvalue weighted by molar-refractivity contribution is 5.53. The van der Waals surface area contributed by atoms with Crippen LogP contribution in [0.3, 0.4) is 0 Å². The zero-order chi connectivity index (χ0) is 13.4. The molecule has 0 amide bonds. The van der Waals surface area contributed by atoms with Crippen LogP contribution in [0.1, 0.15) is 12.5 Å². The molecule has 0 saturated carbocycles. The van der Waals surface area contributed by atoms with Gasteiger partial charge >= 0.3 is 0 Å². The first-order valence-electron chi connectivity index (χ1n) is 6.32. The van der Waals surface area contributed by atoms with E-state index < -0.39 is 0 Å². The Kier molecular flexibility index (Phi) is 6.72. The molecule has 0 aliphatic rings. The normalized spacial score (nSPS) is 12.4. The summed E-state index contributed by atoms with van der Waals surface area (Å²) in [6.07, 6.45) is 0. The quantitative estimate of drug-likeness (QED) is 0.683. The molecule has 0 heterocycles. The maximum Gasteiger partial charge on any atom is 0.0632 e. The molecule has 0 aliphatic carbocycles. The molecule has 102 valence electrons. The Hall–Kier alpha value is -1.10. The number of anilines is 1. The van der Waals surface area contributed by atoms with Crippen LogP contribution in [0.2, 0.25) is 0 Å². The van der Waals surface area contributed by atoms with Gasteiger partial charge < -0.3 is 20.1 Å². The van der Waals surface area contributed by atoms with Crippen LogP contribution in [0.4, 0.5) is 5.69 Å². The lowest BCUT2D eigenvalue weighted by molar-refractivity contribution is 0.199. The number of ether oxygens (including phenoxy) is 1. The van der Waals surface area contributed by atoms with Crippen molar-refractivity contribution in [3.05, 3.63) is 29.8 Å². The minimum Gasteiger partial charge on any atom is -0.394 e. The maximum absolute atomic E-state index is 9.23. The third kappa shape index (κ3) is 4.29. The lowest BCUT2D eigenvalue weighted by Crippen LogP contribution is -2.33. The van der Waals surface area contributed by atoms with Gasteiger partial charge in [-0.2, -0.15) is 0 Å². The summed E-state index contributed by atoms with van der Waals surface area (Å²) in [6, 6.07) is 8.36. The van der Waals surface area contributed by atoms with Crippen molar-refractivity contribution in [2.45, 2.75) is 19.5 Å². The fourth-order valence-corrected chi connectivity index (χ4v) is 1.76. The number of rotatable bonds is 8. The number of aliphatic hydroxyl groups excluding tert-OH is 1. The second-order valence-electron chi connectivity index (χ2n) is 4.44. The molecule has 0 saturated heterocycles. The van der Waals surface area contributed by atoms with Crippen LogP contribution in [0.15, 0.2) is 24.3 Å². The number of methoxy groups -OCH3 is 1. The highest BCUT2D eigenvalue weighted by Gasteiger charge is 2.11. The molecule has 1 aromatic carbocycles. The molecule has 0 spiro atoms. The molecule has 0 fully saturated rings. The van der Waals surface area contributed by atoms with E-state index >= 15 is 0 Å². The number of para-hydroxylation sites is 1. The Labute approximate surface area is 110 Å². The third-order valence-electron chi connectivity index (χ3n) is 3.10. The van der Waals surface area contributed by atoms with Crippen LogP contribution in [0, 0.1) is 0 Å². The maximum atomic E-state index is 9.23. The molecule has 1 rings (SSSR count). The van der Waals surface area contributed by atoms with E-state index in [1.165, 1.54) is 5.56 Å². The van der Waals surface area contributed by atoms with Gasteiger partial charge in [-0.15, -0.1) is 0 Å². The van der Waals surface area contributed by atoms with Gasteiger partial charge in [0.05, 0.1) is 13.2 Å². The number of hydrogen-bond acceptors (Lipinski definition) is 4. The topological polar surface area (TPSA) is 44.7 Å². The Morgan fingerprint density at radius 3 is 2.78 bits per heavy atom. The van der Waals surface area contributed by atoms with Crippen molar-refractivity contribution in [1.29, 1.82) is 0 Å².